The summed E-state index contributed by atoms with van der Waals surface area (Å²) in [6, 6.07) is 6.28. The standard InChI is InChI=1S/C18H24BrNOS/c1-3-4-5-6-7-15-8-9-18(22-15)17(21)11-16-13(2)10-14(19)12-20-16/h8-10,12,17,21H,3-7,11H2,1-2H3. The lowest BCUT2D eigenvalue weighted by atomic mass is 10.1. The highest BCUT2D eigenvalue weighted by molar-refractivity contribution is 9.10. The number of hydrogen-bond acceptors (Lipinski definition) is 3. The first-order valence-electron chi connectivity index (χ1n) is 7.98. The quantitative estimate of drug-likeness (QED) is 0.602. The fraction of sp³-hybridized carbons (Fsp3) is 0.500. The molecule has 22 heavy (non-hydrogen) atoms. The number of hydrogen-bond donors (Lipinski definition) is 1. The van der Waals surface area contributed by atoms with Crippen molar-refractivity contribution in [3.63, 3.8) is 0 Å². The Morgan fingerprint density at radius 3 is 2.82 bits per heavy atom. The lowest BCUT2D eigenvalue weighted by Gasteiger charge is -2.10. The molecule has 0 saturated carbocycles. The minimum Gasteiger partial charge on any atom is -0.387 e. The Hall–Kier alpha value is -0.710. The number of aliphatic hydroxyl groups is 1. The molecule has 2 aromatic heterocycles. The molecule has 0 aliphatic carbocycles. The highest BCUT2D eigenvalue weighted by atomic mass is 79.9. The number of unbranched alkanes of at least 4 members (excludes halogenated alkanes) is 3. The van der Waals surface area contributed by atoms with Gasteiger partial charge in [-0.3, -0.25) is 4.98 Å². The topological polar surface area (TPSA) is 33.1 Å². The van der Waals surface area contributed by atoms with Gasteiger partial charge in [0.2, 0.25) is 0 Å². The van der Waals surface area contributed by atoms with Gasteiger partial charge >= 0.3 is 0 Å². The predicted octanol–water partition coefficient (Wildman–Crippen LogP) is 5.61. The van der Waals surface area contributed by atoms with Crippen LogP contribution >= 0.6 is 27.3 Å². The molecular formula is C18H24BrNOS. The van der Waals surface area contributed by atoms with Crippen LogP contribution in [0.15, 0.2) is 28.9 Å². The Morgan fingerprint density at radius 2 is 2.09 bits per heavy atom. The van der Waals surface area contributed by atoms with Crippen molar-refractivity contribution in [2.45, 2.75) is 58.5 Å². The number of aryl methyl sites for hydroxylation is 2. The lowest BCUT2D eigenvalue weighted by Crippen LogP contribution is -2.03. The highest BCUT2D eigenvalue weighted by Crippen LogP contribution is 2.28. The van der Waals surface area contributed by atoms with Gasteiger partial charge in [0.1, 0.15) is 0 Å². The summed E-state index contributed by atoms with van der Waals surface area (Å²) in [5.74, 6) is 0. The van der Waals surface area contributed by atoms with Crippen LogP contribution in [0.5, 0.6) is 0 Å². The molecule has 1 unspecified atom stereocenters. The fourth-order valence-corrected chi connectivity index (χ4v) is 3.99. The third-order valence-electron chi connectivity index (χ3n) is 3.83. The van der Waals surface area contributed by atoms with Gasteiger partial charge < -0.3 is 5.11 Å². The van der Waals surface area contributed by atoms with Crippen LogP contribution in [0.1, 0.15) is 59.7 Å². The maximum atomic E-state index is 10.4. The molecule has 4 heteroatoms. The summed E-state index contributed by atoms with van der Waals surface area (Å²) in [6.07, 6.45) is 8.18. The third-order valence-corrected chi connectivity index (χ3v) is 5.51. The van der Waals surface area contributed by atoms with Crippen molar-refractivity contribution in [1.29, 1.82) is 0 Å². The zero-order valence-electron chi connectivity index (χ0n) is 13.3. The van der Waals surface area contributed by atoms with E-state index in [1.165, 1.54) is 30.6 Å². The summed E-state index contributed by atoms with van der Waals surface area (Å²) >= 11 is 5.16. The first-order chi connectivity index (χ1) is 10.6. The van der Waals surface area contributed by atoms with E-state index in [0.717, 1.165) is 27.0 Å². The van der Waals surface area contributed by atoms with Crippen LogP contribution in [-0.4, -0.2) is 10.1 Å². The van der Waals surface area contributed by atoms with Crippen LogP contribution in [0.2, 0.25) is 0 Å². The number of pyridine rings is 1. The van der Waals surface area contributed by atoms with Crippen molar-refractivity contribution >= 4 is 27.3 Å². The van der Waals surface area contributed by atoms with Crippen molar-refractivity contribution in [2.24, 2.45) is 0 Å². The number of rotatable bonds is 8. The zero-order valence-corrected chi connectivity index (χ0v) is 15.7. The second kappa shape index (κ2) is 8.80. The Bertz CT molecular complexity index is 597. The molecule has 2 aromatic rings. The summed E-state index contributed by atoms with van der Waals surface area (Å²) in [4.78, 5) is 6.85. The summed E-state index contributed by atoms with van der Waals surface area (Å²) in [5.41, 5.74) is 2.08. The minimum absolute atomic E-state index is 0.457. The molecule has 2 nitrogen and oxygen atoms in total. The van der Waals surface area contributed by atoms with Crippen LogP contribution in [0.25, 0.3) is 0 Å². The largest absolute Gasteiger partial charge is 0.387 e. The van der Waals surface area contributed by atoms with Crippen molar-refractivity contribution in [1.82, 2.24) is 4.98 Å². The number of halogens is 1. The predicted molar refractivity (Wildman–Crippen MR) is 97.5 cm³/mol. The molecule has 0 amide bonds. The fourth-order valence-electron chi connectivity index (χ4n) is 2.50. The van der Waals surface area contributed by atoms with Gasteiger partial charge in [-0.15, -0.1) is 11.3 Å². The van der Waals surface area contributed by atoms with Gasteiger partial charge in [-0.25, -0.2) is 0 Å². The van der Waals surface area contributed by atoms with Gasteiger partial charge in [0, 0.05) is 32.5 Å². The molecule has 0 spiro atoms. The van der Waals surface area contributed by atoms with E-state index in [0.29, 0.717) is 6.42 Å². The van der Waals surface area contributed by atoms with E-state index in [-0.39, 0.29) is 0 Å². The smallest absolute Gasteiger partial charge is 0.0937 e. The first kappa shape index (κ1) is 17.6. The van der Waals surface area contributed by atoms with Gasteiger partial charge in [0.05, 0.1) is 6.10 Å². The third kappa shape index (κ3) is 5.18. The van der Waals surface area contributed by atoms with Gasteiger partial charge in [-0.2, -0.15) is 0 Å². The molecule has 120 valence electrons. The van der Waals surface area contributed by atoms with Gasteiger partial charge in [0.25, 0.3) is 0 Å². The molecule has 1 atom stereocenters. The number of thiophene rings is 1. The van der Waals surface area contributed by atoms with Crippen LogP contribution in [-0.2, 0) is 12.8 Å². The number of aliphatic hydroxyl groups excluding tert-OH is 1. The van der Waals surface area contributed by atoms with Crippen molar-refractivity contribution in [2.75, 3.05) is 0 Å². The normalized spacial score (nSPS) is 12.5. The van der Waals surface area contributed by atoms with Crippen LogP contribution in [0, 0.1) is 6.92 Å². The molecule has 0 aliphatic heterocycles. The summed E-state index contributed by atoms with van der Waals surface area (Å²) < 4.78 is 0.980. The van der Waals surface area contributed by atoms with E-state index in [2.05, 4.69) is 40.0 Å². The van der Waals surface area contributed by atoms with E-state index in [1.807, 2.05) is 13.0 Å². The number of nitrogens with zero attached hydrogens (tertiary/aromatic N) is 1. The molecule has 0 aliphatic rings. The first-order valence-corrected chi connectivity index (χ1v) is 9.58. The highest BCUT2D eigenvalue weighted by Gasteiger charge is 2.14. The zero-order chi connectivity index (χ0) is 15.9. The maximum Gasteiger partial charge on any atom is 0.0937 e. The average Bonchev–Trinajstić information content (AvgIpc) is 2.95. The molecule has 2 rings (SSSR count). The molecule has 1 N–H and O–H groups in total. The van der Waals surface area contributed by atoms with Crippen molar-refractivity contribution in [3.8, 4) is 0 Å². The second-order valence-corrected chi connectivity index (χ2v) is 7.87. The summed E-state index contributed by atoms with van der Waals surface area (Å²) in [5, 5.41) is 10.4. The molecule has 0 saturated heterocycles. The Kier molecular flexibility index (Phi) is 7.06. The van der Waals surface area contributed by atoms with Crippen molar-refractivity contribution in [3.05, 3.63) is 49.9 Å². The van der Waals surface area contributed by atoms with Crippen LogP contribution < -0.4 is 0 Å². The SMILES string of the molecule is CCCCCCc1ccc(C(O)Cc2ncc(Br)cc2C)s1. The van der Waals surface area contributed by atoms with Crippen LogP contribution in [0.3, 0.4) is 0 Å². The molecule has 0 bridgehead atoms. The van der Waals surface area contributed by atoms with Crippen molar-refractivity contribution < 1.29 is 5.11 Å². The minimum atomic E-state index is -0.457. The lowest BCUT2D eigenvalue weighted by molar-refractivity contribution is 0.181. The monoisotopic (exact) mass is 381 g/mol. The molecule has 0 radical (unpaired) electrons. The van der Waals surface area contributed by atoms with E-state index >= 15 is 0 Å². The second-order valence-electron chi connectivity index (χ2n) is 5.75. The summed E-state index contributed by atoms with van der Waals surface area (Å²) in [7, 11) is 0. The molecule has 0 aromatic carbocycles. The molecular weight excluding hydrogens is 358 g/mol. The van der Waals surface area contributed by atoms with Gasteiger partial charge in [-0.1, -0.05) is 26.2 Å². The van der Waals surface area contributed by atoms with Gasteiger partial charge in [-0.05, 0) is 59.5 Å². The van der Waals surface area contributed by atoms with E-state index in [4.69, 9.17) is 0 Å². The summed E-state index contributed by atoms with van der Waals surface area (Å²) in [6.45, 7) is 4.27. The molecule has 0 fully saturated rings. The Labute approximate surface area is 145 Å². The maximum absolute atomic E-state index is 10.4. The number of aromatic nitrogens is 1. The Balaban J connectivity index is 1.92. The van der Waals surface area contributed by atoms with E-state index < -0.39 is 6.10 Å². The van der Waals surface area contributed by atoms with E-state index in [1.54, 1.807) is 17.5 Å². The molecule has 2 heterocycles. The average molecular weight is 382 g/mol. The Morgan fingerprint density at radius 1 is 1.27 bits per heavy atom. The van der Waals surface area contributed by atoms with Gasteiger partial charge in [0.15, 0.2) is 0 Å². The van der Waals surface area contributed by atoms with E-state index in [9.17, 15) is 5.11 Å². The van der Waals surface area contributed by atoms with Crippen LogP contribution in [0.4, 0.5) is 0 Å².